The molecule has 2 N–H and O–H groups in total. The van der Waals surface area contributed by atoms with E-state index < -0.39 is 0 Å². The van der Waals surface area contributed by atoms with Crippen LogP contribution in [0.3, 0.4) is 0 Å². The normalized spacial score (nSPS) is 11.6. The van der Waals surface area contributed by atoms with Crippen molar-refractivity contribution in [1.82, 2.24) is 20.5 Å². The van der Waals surface area contributed by atoms with Gasteiger partial charge in [-0.25, -0.2) is 4.98 Å². The van der Waals surface area contributed by atoms with Crippen LogP contribution in [0.15, 0.2) is 34.6 Å². The molecule has 1 aromatic heterocycles. The molecule has 0 radical (unpaired) electrons. The fourth-order valence-corrected chi connectivity index (χ4v) is 3.70. The first-order valence-corrected chi connectivity index (χ1v) is 10.6. The highest BCUT2D eigenvalue weighted by Gasteiger charge is 2.08. The summed E-state index contributed by atoms with van der Waals surface area (Å²) in [6, 6.07) is 8.62. The first kappa shape index (κ1) is 24.8. The molecule has 1 heterocycles. The summed E-state index contributed by atoms with van der Waals surface area (Å²) in [6.45, 7) is 13.3. The summed E-state index contributed by atoms with van der Waals surface area (Å²) in [5.41, 5.74) is 3.83. The van der Waals surface area contributed by atoms with Crippen LogP contribution in [0.5, 0.6) is 0 Å². The minimum Gasteiger partial charge on any atom is -0.352 e. The van der Waals surface area contributed by atoms with Crippen LogP contribution in [0.4, 0.5) is 0 Å². The van der Waals surface area contributed by atoms with Crippen molar-refractivity contribution in [3.05, 3.63) is 51.5 Å². The summed E-state index contributed by atoms with van der Waals surface area (Å²) in [6.07, 6.45) is 0. The van der Waals surface area contributed by atoms with Crippen molar-refractivity contribution in [2.24, 2.45) is 4.99 Å². The van der Waals surface area contributed by atoms with Gasteiger partial charge in [0.05, 0.1) is 12.2 Å². The Morgan fingerprint density at radius 2 is 1.75 bits per heavy atom. The number of hydrogen-bond donors (Lipinski definition) is 2. The lowest BCUT2D eigenvalue weighted by atomic mass is 10.1. The van der Waals surface area contributed by atoms with E-state index in [1.54, 1.807) is 18.4 Å². The van der Waals surface area contributed by atoms with Crippen molar-refractivity contribution in [2.45, 2.75) is 53.2 Å². The van der Waals surface area contributed by atoms with E-state index in [4.69, 9.17) is 0 Å². The summed E-state index contributed by atoms with van der Waals surface area (Å²) in [5.74, 6) is 1.27. The molecule has 0 aliphatic rings. The van der Waals surface area contributed by atoms with E-state index in [1.807, 2.05) is 0 Å². The summed E-state index contributed by atoms with van der Waals surface area (Å²) >= 11 is 1.70. The molecular weight excluding hydrogens is 481 g/mol. The molecule has 0 fully saturated rings. The monoisotopic (exact) mass is 515 g/mol. The number of hydrogen-bond acceptors (Lipinski definition) is 4. The van der Waals surface area contributed by atoms with Crippen molar-refractivity contribution in [3.8, 4) is 0 Å². The summed E-state index contributed by atoms with van der Waals surface area (Å²) < 4.78 is 0. The number of guanidine groups is 1. The minimum absolute atomic E-state index is 0. The van der Waals surface area contributed by atoms with E-state index in [2.05, 4.69) is 82.9 Å². The van der Waals surface area contributed by atoms with Gasteiger partial charge in [0.2, 0.25) is 0 Å². The molecule has 28 heavy (non-hydrogen) atoms. The highest BCUT2D eigenvalue weighted by atomic mass is 127. The van der Waals surface area contributed by atoms with Crippen LogP contribution in [0.2, 0.25) is 0 Å². The van der Waals surface area contributed by atoms with E-state index in [-0.39, 0.29) is 24.0 Å². The Morgan fingerprint density at radius 3 is 2.32 bits per heavy atom. The van der Waals surface area contributed by atoms with Gasteiger partial charge < -0.3 is 10.6 Å². The number of nitrogens with one attached hydrogen (secondary N) is 2. The zero-order chi connectivity index (χ0) is 19.6. The van der Waals surface area contributed by atoms with Gasteiger partial charge in [0.25, 0.3) is 0 Å². The SMILES string of the molecule is CCN(CC)Cc1ccccc1CNC(=NC)NCc1nc(C(C)C)cs1.I. The molecule has 0 saturated heterocycles. The predicted molar refractivity (Wildman–Crippen MR) is 132 cm³/mol. The quantitative estimate of drug-likeness (QED) is 0.292. The highest BCUT2D eigenvalue weighted by molar-refractivity contribution is 14.0. The number of thiazole rings is 1. The van der Waals surface area contributed by atoms with Crippen molar-refractivity contribution >= 4 is 41.3 Å². The zero-order valence-corrected chi connectivity index (χ0v) is 20.8. The molecule has 2 rings (SSSR count). The number of benzene rings is 1. The molecule has 7 heteroatoms. The molecular formula is C21H34IN5S. The summed E-state index contributed by atoms with van der Waals surface area (Å²) in [7, 11) is 1.80. The lowest BCUT2D eigenvalue weighted by molar-refractivity contribution is 0.295. The Bertz CT molecular complexity index is 725. The molecule has 5 nitrogen and oxygen atoms in total. The minimum atomic E-state index is 0. The third-order valence-corrected chi connectivity index (χ3v) is 5.51. The number of aromatic nitrogens is 1. The maximum absolute atomic E-state index is 4.67. The van der Waals surface area contributed by atoms with Crippen LogP contribution in [-0.4, -0.2) is 36.0 Å². The van der Waals surface area contributed by atoms with Crippen LogP contribution in [-0.2, 0) is 19.6 Å². The topological polar surface area (TPSA) is 52.5 Å². The molecule has 0 aliphatic carbocycles. The fourth-order valence-electron chi connectivity index (χ4n) is 2.80. The second kappa shape index (κ2) is 13.1. The summed E-state index contributed by atoms with van der Waals surface area (Å²) in [4.78, 5) is 11.4. The van der Waals surface area contributed by atoms with Crippen molar-refractivity contribution in [3.63, 3.8) is 0 Å². The molecule has 0 saturated carbocycles. The van der Waals surface area contributed by atoms with Gasteiger partial charge in [-0.15, -0.1) is 35.3 Å². The van der Waals surface area contributed by atoms with Gasteiger partial charge in [-0.2, -0.15) is 0 Å². The van der Waals surface area contributed by atoms with E-state index in [0.717, 1.165) is 42.8 Å². The number of halogens is 1. The molecule has 0 atom stereocenters. The first-order valence-electron chi connectivity index (χ1n) is 9.75. The zero-order valence-electron chi connectivity index (χ0n) is 17.7. The van der Waals surface area contributed by atoms with E-state index in [0.29, 0.717) is 12.5 Å². The Balaban J connectivity index is 0.00000392. The Labute approximate surface area is 191 Å². The van der Waals surface area contributed by atoms with Gasteiger partial charge in [-0.05, 0) is 30.1 Å². The van der Waals surface area contributed by atoms with E-state index in [1.165, 1.54) is 11.1 Å². The Morgan fingerprint density at radius 1 is 1.11 bits per heavy atom. The average Bonchev–Trinajstić information content (AvgIpc) is 3.16. The van der Waals surface area contributed by atoms with E-state index in [9.17, 15) is 0 Å². The lowest BCUT2D eigenvalue weighted by Crippen LogP contribution is -2.36. The molecule has 156 valence electrons. The first-order chi connectivity index (χ1) is 13.1. The van der Waals surface area contributed by atoms with Crippen molar-refractivity contribution in [1.29, 1.82) is 0 Å². The van der Waals surface area contributed by atoms with E-state index >= 15 is 0 Å². The summed E-state index contributed by atoms with van der Waals surface area (Å²) in [5, 5.41) is 10.0. The smallest absolute Gasteiger partial charge is 0.191 e. The molecule has 0 spiro atoms. The Hall–Kier alpha value is -1.19. The average molecular weight is 516 g/mol. The fraction of sp³-hybridized carbons (Fsp3) is 0.524. The van der Waals surface area contributed by atoms with Crippen LogP contribution in [0.25, 0.3) is 0 Å². The van der Waals surface area contributed by atoms with Crippen molar-refractivity contribution in [2.75, 3.05) is 20.1 Å². The van der Waals surface area contributed by atoms with Gasteiger partial charge in [-0.3, -0.25) is 9.89 Å². The van der Waals surface area contributed by atoms with Crippen molar-refractivity contribution < 1.29 is 0 Å². The molecule has 0 bridgehead atoms. The molecule has 1 aromatic carbocycles. The maximum Gasteiger partial charge on any atom is 0.191 e. The Kier molecular flexibility index (Phi) is 11.6. The van der Waals surface area contributed by atoms with Crippen LogP contribution < -0.4 is 10.6 Å². The third-order valence-electron chi connectivity index (χ3n) is 4.64. The maximum atomic E-state index is 4.67. The second-order valence-electron chi connectivity index (χ2n) is 6.83. The highest BCUT2D eigenvalue weighted by Crippen LogP contribution is 2.17. The largest absolute Gasteiger partial charge is 0.352 e. The predicted octanol–water partition coefficient (Wildman–Crippen LogP) is 4.59. The number of aliphatic imine (C=N–C) groups is 1. The van der Waals surface area contributed by atoms with Gasteiger partial charge >= 0.3 is 0 Å². The lowest BCUT2D eigenvalue weighted by Gasteiger charge is -2.20. The van der Waals surface area contributed by atoms with Crippen LogP contribution in [0, 0.1) is 0 Å². The third kappa shape index (κ3) is 7.67. The van der Waals surface area contributed by atoms with Gasteiger partial charge in [0.1, 0.15) is 5.01 Å². The van der Waals surface area contributed by atoms with Crippen LogP contribution >= 0.6 is 35.3 Å². The van der Waals surface area contributed by atoms with Gasteiger partial charge in [0, 0.05) is 25.5 Å². The second-order valence-corrected chi connectivity index (χ2v) is 7.77. The van der Waals surface area contributed by atoms with Gasteiger partial charge in [0.15, 0.2) is 5.96 Å². The molecule has 0 amide bonds. The molecule has 0 aliphatic heterocycles. The molecule has 0 unspecified atom stereocenters. The standard InChI is InChI=1S/C21H33N5S.HI/c1-6-26(7-2)14-18-11-9-8-10-17(18)12-23-21(22-5)24-13-20-25-19(15-27-20)16(3)4;/h8-11,15-16H,6-7,12-14H2,1-5H3,(H2,22,23,24);1H. The number of nitrogens with zero attached hydrogens (tertiary/aromatic N) is 3. The number of rotatable bonds is 9. The van der Waals surface area contributed by atoms with Gasteiger partial charge in [-0.1, -0.05) is 52.0 Å². The molecule has 2 aromatic rings. The van der Waals surface area contributed by atoms with Crippen LogP contribution in [0.1, 0.15) is 55.4 Å².